The molecule has 1 aliphatic heterocycles. The summed E-state index contributed by atoms with van der Waals surface area (Å²) in [5, 5.41) is 5.62. The number of piperidine rings is 1. The number of sulfonamides is 1. The molecule has 0 saturated carbocycles. The van der Waals surface area contributed by atoms with Gasteiger partial charge in [-0.2, -0.15) is 4.31 Å². The summed E-state index contributed by atoms with van der Waals surface area (Å²) in [6.07, 6.45) is 1.37. The van der Waals surface area contributed by atoms with Gasteiger partial charge in [0.05, 0.1) is 18.4 Å². The van der Waals surface area contributed by atoms with E-state index in [-0.39, 0.29) is 29.2 Å². The fourth-order valence-electron chi connectivity index (χ4n) is 3.51. The summed E-state index contributed by atoms with van der Waals surface area (Å²) in [7, 11) is -2.03. The van der Waals surface area contributed by atoms with Gasteiger partial charge in [0.1, 0.15) is 5.75 Å². The Bertz CT molecular complexity index is 1010. The summed E-state index contributed by atoms with van der Waals surface area (Å²) in [6, 6.07) is 13.4. The fourth-order valence-corrected chi connectivity index (χ4v) is 4.98. The van der Waals surface area contributed by atoms with Crippen molar-refractivity contribution in [1.29, 1.82) is 0 Å². The molecule has 2 N–H and O–H groups in total. The standard InChI is InChI=1S/C22H27N3O5S/c1-16(26)23-18-5-9-21(10-6-18)31(28,29)25-13-11-19(12-14-25)24-22(27)15-17-3-7-20(30-2)8-4-17/h3-10,19H,11-15H2,1-2H3,(H,23,26)(H,24,27). The molecule has 0 spiro atoms. The quantitative estimate of drug-likeness (QED) is 0.680. The highest BCUT2D eigenvalue weighted by Crippen LogP contribution is 2.22. The van der Waals surface area contributed by atoms with Crippen LogP contribution in [0.15, 0.2) is 53.4 Å². The largest absolute Gasteiger partial charge is 0.497 e. The van der Waals surface area contributed by atoms with Crippen molar-refractivity contribution in [3.63, 3.8) is 0 Å². The van der Waals surface area contributed by atoms with Crippen LogP contribution in [0.4, 0.5) is 5.69 Å². The molecule has 0 aliphatic carbocycles. The first-order valence-corrected chi connectivity index (χ1v) is 11.5. The molecule has 0 atom stereocenters. The summed E-state index contributed by atoms with van der Waals surface area (Å²) in [6.45, 7) is 2.07. The van der Waals surface area contributed by atoms with Gasteiger partial charge in [0, 0.05) is 31.7 Å². The van der Waals surface area contributed by atoms with Crippen molar-refractivity contribution in [2.45, 2.75) is 37.1 Å². The molecule has 2 aromatic carbocycles. The second kappa shape index (κ2) is 9.93. The van der Waals surface area contributed by atoms with Crippen molar-refractivity contribution in [2.24, 2.45) is 0 Å². The number of ether oxygens (including phenoxy) is 1. The number of anilines is 1. The van der Waals surface area contributed by atoms with Crippen LogP contribution in [0.1, 0.15) is 25.3 Å². The first-order valence-electron chi connectivity index (χ1n) is 10.1. The van der Waals surface area contributed by atoms with Gasteiger partial charge in [-0.25, -0.2) is 8.42 Å². The third-order valence-electron chi connectivity index (χ3n) is 5.16. The van der Waals surface area contributed by atoms with E-state index in [9.17, 15) is 18.0 Å². The van der Waals surface area contributed by atoms with Gasteiger partial charge >= 0.3 is 0 Å². The summed E-state index contributed by atoms with van der Waals surface area (Å²) in [5.41, 5.74) is 1.44. The third kappa shape index (κ3) is 6.05. The van der Waals surface area contributed by atoms with Crippen LogP contribution in [0.3, 0.4) is 0 Å². The van der Waals surface area contributed by atoms with E-state index >= 15 is 0 Å². The second-order valence-electron chi connectivity index (χ2n) is 7.48. The Labute approximate surface area is 182 Å². The molecule has 2 amide bonds. The average Bonchev–Trinajstić information content (AvgIpc) is 2.74. The maximum absolute atomic E-state index is 12.9. The number of nitrogens with zero attached hydrogens (tertiary/aromatic N) is 1. The summed E-state index contributed by atoms with van der Waals surface area (Å²) in [5.74, 6) is 0.439. The number of methoxy groups -OCH3 is 1. The molecule has 1 heterocycles. The summed E-state index contributed by atoms with van der Waals surface area (Å²) >= 11 is 0. The normalized spacial score (nSPS) is 15.3. The number of carbonyl (C=O) groups is 2. The van der Waals surface area contributed by atoms with E-state index < -0.39 is 10.0 Å². The van der Waals surface area contributed by atoms with Crippen LogP contribution in [-0.2, 0) is 26.0 Å². The van der Waals surface area contributed by atoms with E-state index in [0.29, 0.717) is 31.6 Å². The Balaban J connectivity index is 1.52. The van der Waals surface area contributed by atoms with Crippen molar-refractivity contribution in [3.05, 3.63) is 54.1 Å². The van der Waals surface area contributed by atoms with Gasteiger partial charge in [0.15, 0.2) is 0 Å². The first-order chi connectivity index (χ1) is 14.8. The van der Waals surface area contributed by atoms with Crippen molar-refractivity contribution >= 4 is 27.5 Å². The van der Waals surface area contributed by atoms with Crippen molar-refractivity contribution in [1.82, 2.24) is 9.62 Å². The Kier molecular flexibility index (Phi) is 7.29. The Hall–Kier alpha value is -2.91. The van der Waals surface area contributed by atoms with Gasteiger partial charge in [-0.3, -0.25) is 9.59 Å². The number of carbonyl (C=O) groups excluding carboxylic acids is 2. The number of hydrogen-bond acceptors (Lipinski definition) is 5. The van der Waals surface area contributed by atoms with E-state index in [0.717, 1.165) is 11.3 Å². The zero-order valence-electron chi connectivity index (χ0n) is 17.6. The van der Waals surface area contributed by atoms with Gasteiger partial charge in [0.25, 0.3) is 0 Å². The molecule has 166 valence electrons. The lowest BCUT2D eigenvalue weighted by molar-refractivity contribution is -0.121. The lowest BCUT2D eigenvalue weighted by Crippen LogP contribution is -2.46. The molecule has 0 bridgehead atoms. The molecule has 8 nitrogen and oxygen atoms in total. The predicted octanol–water partition coefficient (Wildman–Crippen LogP) is 2.17. The molecule has 0 unspecified atom stereocenters. The number of amides is 2. The number of hydrogen-bond donors (Lipinski definition) is 2. The molecule has 31 heavy (non-hydrogen) atoms. The number of benzene rings is 2. The molecular formula is C22H27N3O5S. The van der Waals surface area contributed by atoms with Crippen LogP contribution in [0, 0.1) is 0 Å². The molecular weight excluding hydrogens is 418 g/mol. The Morgan fingerprint density at radius 3 is 2.19 bits per heavy atom. The zero-order valence-corrected chi connectivity index (χ0v) is 18.4. The molecule has 0 aromatic heterocycles. The van der Waals surface area contributed by atoms with E-state index in [4.69, 9.17) is 4.74 Å². The van der Waals surface area contributed by atoms with Crippen LogP contribution in [-0.4, -0.2) is 50.8 Å². The molecule has 2 aromatic rings. The zero-order chi connectivity index (χ0) is 22.4. The van der Waals surface area contributed by atoms with Crippen LogP contribution in [0.25, 0.3) is 0 Å². The maximum Gasteiger partial charge on any atom is 0.243 e. The predicted molar refractivity (Wildman–Crippen MR) is 117 cm³/mol. The molecule has 1 saturated heterocycles. The molecule has 9 heteroatoms. The molecule has 1 fully saturated rings. The van der Waals surface area contributed by atoms with Gasteiger partial charge in [-0.05, 0) is 54.8 Å². The fraction of sp³-hybridized carbons (Fsp3) is 0.364. The van der Waals surface area contributed by atoms with Crippen molar-refractivity contribution in [3.8, 4) is 5.75 Å². The molecule has 3 rings (SSSR count). The smallest absolute Gasteiger partial charge is 0.243 e. The highest BCUT2D eigenvalue weighted by atomic mass is 32.2. The van der Waals surface area contributed by atoms with E-state index in [1.165, 1.54) is 23.4 Å². The van der Waals surface area contributed by atoms with Crippen LogP contribution < -0.4 is 15.4 Å². The van der Waals surface area contributed by atoms with E-state index in [2.05, 4.69) is 10.6 Å². The van der Waals surface area contributed by atoms with E-state index in [1.807, 2.05) is 24.3 Å². The highest BCUT2D eigenvalue weighted by molar-refractivity contribution is 7.89. The summed E-state index contributed by atoms with van der Waals surface area (Å²) in [4.78, 5) is 23.6. The minimum Gasteiger partial charge on any atom is -0.497 e. The van der Waals surface area contributed by atoms with E-state index in [1.54, 1.807) is 19.2 Å². The minimum atomic E-state index is -3.62. The average molecular weight is 446 g/mol. The van der Waals surface area contributed by atoms with Gasteiger partial charge in [0.2, 0.25) is 21.8 Å². The topological polar surface area (TPSA) is 105 Å². The van der Waals surface area contributed by atoms with Gasteiger partial charge in [-0.15, -0.1) is 0 Å². The third-order valence-corrected chi connectivity index (χ3v) is 7.07. The van der Waals surface area contributed by atoms with Gasteiger partial charge < -0.3 is 15.4 Å². The van der Waals surface area contributed by atoms with Crippen LogP contribution in [0.5, 0.6) is 5.75 Å². The Morgan fingerprint density at radius 1 is 1.03 bits per heavy atom. The van der Waals surface area contributed by atoms with Crippen molar-refractivity contribution < 1.29 is 22.7 Å². The van der Waals surface area contributed by atoms with Crippen LogP contribution >= 0.6 is 0 Å². The second-order valence-corrected chi connectivity index (χ2v) is 9.41. The molecule has 1 aliphatic rings. The summed E-state index contributed by atoms with van der Waals surface area (Å²) < 4.78 is 32.3. The van der Waals surface area contributed by atoms with Gasteiger partial charge in [-0.1, -0.05) is 12.1 Å². The maximum atomic E-state index is 12.9. The lowest BCUT2D eigenvalue weighted by atomic mass is 10.1. The Morgan fingerprint density at radius 2 is 1.65 bits per heavy atom. The molecule has 0 radical (unpaired) electrons. The number of nitrogens with one attached hydrogen (secondary N) is 2. The SMILES string of the molecule is COc1ccc(CC(=O)NC2CCN(S(=O)(=O)c3ccc(NC(C)=O)cc3)CC2)cc1. The lowest BCUT2D eigenvalue weighted by Gasteiger charge is -2.31. The monoisotopic (exact) mass is 445 g/mol. The number of rotatable bonds is 7. The minimum absolute atomic E-state index is 0.0562. The van der Waals surface area contributed by atoms with Crippen LogP contribution in [0.2, 0.25) is 0 Å². The van der Waals surface area contributed by atoms with Crippen molar-refractivity contribution in [2.75, 3.05) is 25.5 Å². The highest BCUT2D eigenvalue weighted by Gasteiger charge is 2.30. The first kappa shape index (κ1) is 22.8.